The molecule has 0 aliphatic heterocycles. The second-order valence-electron chi connectivity index (χ2n) is 9.52. The molecular weight excluding hydrogens is 411 g/mol. The molecule has 0 unspecified atom stereocenters. The van der Waals surface area contributed by atoms with Gasteiger partial charge in [0.05, 0.1) is 0 Å². The van der Waals surface area contributed by atoms with E-state index in [0.717, 1.165) is 37.1 Å². The number of aromatic nitrogens is 2. The van der Waals surface area contributed by atoms with Gasteiger partial charge in [-0.05, 0) is 55.0 Å². The van der Waals surface area contributed by atoms with Crippen molar-refractivity contribution in [1.82, 2.24) is 9.97 Å². The van der Waals surface area contributed by atoms with E-state index in [4.69, 9.17) is 4.74 Å². The van der Waals surface area contributed by atoms with E-state index in [-0.39, 0.29) is 6.61 Å². The minimum absolute atomic E-state index is 0.115. The van der Waals surface area contributed by atoms with Gasteiger partial charge in [0.25, 0.3) is 0 Å². The van der Waals surface area contributed by atoms with Crippen LogP contribution in [-0.2, 0) is 6.42 Å². The van der Waals surface area contributed by atoms with Gasteiger partial charge in [-0.1, -0.05) is 85.0 Å². The minimum atomic E-state index is -0.911. The molecule has 0 amide bonds. The largest absolute Gasteiger partial charge is 0.491 e. The lowest BCUT2D eigenvalue weighted by Crippen LogP contribution is -2.13. The fourth-order valence-electron chi connectivity index (χ4n) is 3.96. The first-order valence-electron chi connectivity index (χ1n) is 13.3. The Morgan fingerprint density at radius 1 is 0.818 bits per heavy atom. The van der Waals surface area contributed by atoms with Crippen LogP contribution in [0.15, 0.2) is 36.7 Å². The predicted molar refractivity (Wildman–Crippen MR) is 137 cm³/mol. The molecule has 0 spiro atoms. The molecule has 1 heterocycles. The Labute approximate surface area is 201 Å². The van der Waals surface area contributed by atoms with Crippen LogP contribution in [0.2, 0.25) is 0 Å². The van der Waals surface area contributed by atoms with Crippen molar-refractivity contribution in [3.05, 3.63) is 42.2 Å². The molecule has 3 nitrogen and oxygen atoms in total. The van der Waals surface area contributed by atoms with E-state index < -0.39 is 6.17 Å². The average Bonchev–Trinajstić information content (AvgIpc) is 2.85. The zero-order valence-electron chi connectivity index (χ0n) is 21.2. The predicted octanol–water partition coefficient (Wildman–Crippen LogP) is 8.76. The molecule has 0 N–H and O–H groups in total. The molecule has 0 saturated carbocycles. The molecule has 184 valence electrons. The summed E-state index contributed by atoms with van der Waals surface area (Å²) in [6.45, 7) is 6.78. The van der Waals surface area contributed by atoms with E-state index in [0.29, 0.717) is 18.1 Å². The summed E-state index contributed by atoms with van der Waals surface area (Å²) in [5.41, 5.74) is 2.15. The van der Waals surface area contributed by atoms with E-state index in [2.05, 4.69) is 30.7 Å². The summed E-state index contributed by atoms with van der Waals surface area (Å²) >= 11 is 0. The molecular formula is C29H45FN2O. The first-order chi connectivity index (χ1) is 16.1. The van der Waals surface area contributed by atoms with Crippen LogP contribution in [0.4, 0.5) is 4.39 Å². The van der Waals surface area contributed by atoms with Crippen LogP contribution < -0.4 is 4.74 Å². The number of ether oxygens (including phenoxy) is 1. The summed E-state index contributed by atoms with van der Waals surface area (Å²) in [7, 11) is 0. The highest BCUT2D eigenvalue weighted by Crippen LogP contribution is 2.21. The highest BCUT2D eigenvalue weighted by atomic mass is 19.1. The van der Waals surface area contributed by atoms with Crippen LogP contribution in [0.3, 0.4) is 0 Å². The van der Waals surface area contributed by atoms with Gasteiger partial charge in [-0.2, -0.15) is 0 Å². The SMILES string of the molecule is CCCCCCCCCCc1cnc(-c2ccc(OC[C@H](F)CCC[C@@H](C)CC)cc2)nc1. The van der Waals surface area contributed by atoms with Crippen molar-refractivity contribution in [2.24, 2.45) is 5.92 Å². The summed E-state index contributed by atoms with van der Waals surface area (Å²) in [5, 5.41) is 0. The Morgan fingerprint density at radius 3 is 2.09 bits per heavy atom. The highest BCUT2D eigenvalue weighted by Gasteiger charge is 2.09. The quantitative estimate of drug-likeness (QED) is 0.210. The van der Waals surface area contributed by atoms with Crippen molar-refractivity contribution in [3.8, 4) is 17.1 Å². The van der Waals surface area contributed by atoms with Crippen LogP contribution in [0.1, 0.15) is 103 Å². The van der Waals surface area contributed by atoms with Crippen LogP contribution >= 0.6 is 0 Å². The molecule has 2 rings (SSSR count). The molecule has 0 fully saturated rings. The maximum absolute atomic E-state index is 14.1. The van der Waals surface area contributed by atoms with Gasteiger partial charge < -0.3 is 4.74 Å². The van der Waals surface area contributed by atoms with E-state index >= 15 is 0 Å². The fourth-order valence-corrected chi connectivity index (χ4v) is 3.96. The summed E-state index contributed by atoms with van der Waals surface area (Å²) in [6, 6.07) is 7.64. The number of hydrogen-bond donors (Lipinski definition) is 0. The number of hydrogen-bond acceptors (Lipinski definition) is 3. The van der Waals surface area contributed by atoms with Crippen molar-refractivity contribution in [3.63, 3.8) is 0 Å². The summed E-state index contributed by atoms with van der Waals surface area (Å²) in [6.07, 6.45) is 18.4. The molecule has 0 aliphatic carbocycles. The van der Waals surface area contributed by atoms with E-state index in [1.165, 1.54) is 56.9 Å². The summed E-state index contributed by atoms with van der Waals surface area (Å²) in [5.74, 6) is 2.08. The number of nitrogens with zero attached hydrogens (tertiary/aromatic N) is 2. The monoisotopic (exact) mass is 456 g/mol. The molecule has 0 aliphatic rings. The second-order valence-corrected chi connectivity index (χ2v) is 9.52. The number of rotatable bonds is 18. The van der Waals surface area contributed by atoms with Crippen LogP contribution in [0.5, 0.6) is 5.75 Å². The smallest absolute Gasteiger partial charge is 0.159 e. The summed E-state index contributed by atoms with van der Waals surface area (Å²) in [4.78, 5) is 9.09. The molecule has 33 heavy (non-hydrogen) atoms. The van der Waals surface area contributed by atoms with Gasteiger partial charge in [-0.15, -0.1) is 0 Å². The van der Waals surface area contributed by atoms with Crippen LogP contribution in [0, 0.1) is 5.92 Å². The number of unbranched alkanes of at least 4 members (excludes halogenated alkanes) is 7. The van der Waals surface area contributed by atoms with E-state index in [1.54, 1.807) is 0 Å². The minimum Gasteiger partial charge on any atom is -0.491 e. The molecule has 1 aromatic carbocycles. The second kappa shape index (κ2) is 16.6. The Kier molecular flexibility index (Phi) is 13.7. The van der Waals surface area contributed by atoms with Gasteiger partial charge in [0.1, 0.15) is 18.5 Å². The molecule has 0 bridgehead atoms. The van der Waals surface area contributed by atoms with E-state index in [1.807, 2.05) is 36.7 Å². The maximum atomic E-state index is 14.1. The number of halogens is 1. The third-order valence-electron chi connectivity index (χ3n) is 6.48. The first kappa shape index (κ1) is 27.3. The Morgan fingerprint density at radius 2 is 1.45 bits per heavy atom. The standard InChI is InChI=1S/C29H45FN2O/c1-4-6-7-8-9-10-11-12-15-25-21-31-29(32-22-25)26-17-19-28(20-18-26)33-23-27(30)16-13-14-24(3)5-2/h17-22,24,27H,4-16,23H2,1-3H3/t24-,27+/m0/s1. The van der Waals surface area contributed by atoms with E-state index in [9.17, 15) is 4.39 Å². The zero-order chi connectivity index (χ0) is 23.7. The van der Waals surface area contributed by atoms with Crippen molar-refractivity contribution >= 4 is 0 Å². The first-order valence-corrected chi connectivity index (χ1v) is 13.3. The third kappa shape index (κ3) is 11.6. The topological polar surface area (TPSA) is 35.0 Å². The number of aryl methyl sites for hydroxylation is 1. The lowest BCUT2D eigenvalue weighted by atomic mass is 10.0. The average molecular weight is 457 g/mol. The highest BCUT2D eigenvalue weighted by molar-refractivity contribution is 5.55. The van der Waals surface area contributed by atoms with Gasteiger partial charge in [0.15, 0.2) is 5.82 Å². The molecule has 0 radical (unpaired) electrons. The van der Waals surface area contributed by atoms with Gasteiger partial charge in [0.2, 0.25) is 0 Å². The molecule has 2 atom stereocenters. The van der Waals surface area contributed by atoms with Crippen LogP contribution in [0.25, 0.3) is 11.4 Å². The van der Waals surface area contributed by atoms with Crippen molar-refractivity contribution < 1.29 is 9.13 Å². The van der Waals surface area contributed by atoms with Gasteiger partial charge in [-0.25, -0.2) is 14.4 Å². The third-order valence-corrected chi connectivity index (χ3v) is 6.48. The van der Waals surface area contributed by atoms with Gasteiger partial charge in [-0.3, -0.25) is 0 Å². The van der Waals surface area contributed by atoms with Crippen molar-refractivity contribution in [2.45, 2.75) is 110 Å². The van der Waals surface area contributed by atoms with Gasteiger partial charge in [0, 0.05) is 18.0 Å². The maximum Gasteiger partial charge on any atom is 0.159 e. The molecule has 4 heteroatoms. The molecule has 0 saturated heterocycles. The fraction of sp³-hybridized carbons (Fsp3) is 0.655. The summed E-state index contributed by atoms with van der Waals surface area (Å²) < 4.78 is 19.7. The van der Waals surface area contributed by atoms with Gasteiger partial charge >= 0.3 is 0 Å². The van der Waals surface area contributed by atoms with Crippen molar-refractivity contribution in [2.75, 3.05) is 6.61 Å². The normalized spacial score (nSPS) is 13.1. The Bertz CT molecular complexity index is 732. The lowest BCUT2D eigenvalue weighted by molar-refractivity contribution is 0.182. The Hall–Kier alpha value is -1.97. The molecule has 2 aromatic rings. The number of benzene rings is 1. The van der Waals surface area contributed by atoms with Crippen LogP contribution in [-0.4, -0.2) is 22.7 Å². The van der Waals surface area contributed by atoms with Crippen molar-refractivity contribution in [1.29, 1.82) is 0 Å². The lowest BCUT2D eigenvalue weighted by Gasteiger charge is -2.12. The Balaban J connectivity index is 1.67. The number of alkyl halides is 1. The zero-order valence-corrected chi connectivity index (χ0v) is 21.2. The molecule has 1 aromatic heterocycles.